The van der Waals surface area contributed by atoms with Gasteiger partial charge in [-0.05, 0) is 13.8 Å². The van der Waals surface area contributed by atoms with Crippen LogP contribution in [0.3, 0.4) is 0 Å². The van der Waals surface area contributed by atoms with Crippen molar-refractivity contribution in [1.29, 1.82) is 0 Å². The molecule has 0 radical (unpaired) electrons. The highest BCUT2D eigenvalue weighted by Crippen LogP contribution is 2.16. The minimum absolute atomic E-state index is 0.114. The summed E-state index contributed by atoms with van der Waals surface area (Å²) in [7, 11) is 0. The molecule has 0 aromatic carbocycles. The topological polar surface area (TPSA) is 163 Å². The highest BCUT2D eigenvalue weighted by molar-refractivity contribution is 5.75. The van der Waals surface area contributed by atoms with Crippen LogP contribution in [0.2, 0.25) is 0 Å². The first-order chi connectivity index (χ1) is 9.89. The Morgan fingerprint density at radius 3 is 2.62 bits per heavy atom. The van der Waals surface area contributed by atoms with Crippen molar-refractivity contribution < 1.29 is 4.79 Å². The molecule has 0 bridgehead atoms. The van der Waals surface area contributed by atoms with Gasteiger partial charge in [-0.15, -0.1) is 0 Å². The fourth-order valence-corrected chi connectivity index (χ4v) is 1.68. The van der Waals surface area contributed by atoms with Gasteiger partial charge in [0.1, 0.15) is 12.7 Å². The van der Waals surface area contributed by atoms with E-state index in [1.165, 1.54) is 17.3 Å². The van der Waals surface area contributed by atoms with E-state index in [0.29, 0.717) is 0 Å². The van der Waals surface area contributed by atoms with Crippen molar-refractivity contribution in [2.45, 2.75) is 25.8 Å². The maximum Gasteiger partial charge on any atom is 0.258 e. The third kappa shape index (κ3) is 3.82. The van der Waals surface area contributed by atoms with E-state index in [1.54, 1.807) is 13.8 Å². The highest BCUT2D eigenvalue weighted by Gasteiger charge is 2.22. The van der Waals surface area contributed by atoms with Gasteiger partial charge in [-0.1, -0.05) is 0 Å². The van der Waals surface area contributed by atoms with E-state index in [9.17, 15) is 4.79 Å². The van der Waals surface area contributed by atoms with Crippen LogP contribution in [0.15, 0.2) is 12.7 Å². The molecule has 2 heterocycles. The first-order valence-corrected chi connectivity index (χ1v) is 6.04. The lowest BCUT2D eigenvalue weighted by atomic mass is 10.0. The predicted molar refractivity (Wildman–Crippen MR) is 74.1 cm³/mol. The Labute approximate surface area is 120 Å². The smallest absolute Gasteiger partial charge is 0.258 e. The fourth-order valence-electron chi connectivity index (χ4n) is 1.68. The molecular formula is C10H16N10O. The number of carbonyl (C=O) groups excluding carboxylic acids is 1. The number of nitrogen functional groups attached to an aromatic ring is 1. The molecule has 0 saturated heterocycles. The number of nitrogens with two attached hydrogens (primary N) is 2. The van der Waals surface area contributed by atoms with Crippen LogP contribution in [-0.2, 0) is 4.79 Å². The first-order valence-electron chi connectivity index (χ1n) is 6.04. The minimum atomic E-state index is -0.626. The van der Waals surface area contributed by atoms with Crippen LogP contribution in [0.25, 0.3) is 5.95 Å². The van der Waals surface area contributed by atoms with Gasteiger partial charge in [0.25, 0.3) is 5.95 Å². The number of nitrogens with one attached hydrogen (secondary N) is 2. The molecule has 0 aliphatic rings. The number of rotatable bonds is 6. The number of anilines is 2. The Balaban J connectivity index is 2.31. The zero-order valence-corrected chi connectivity index (χ0v) is 11.6. The molecule has 11 nitrogen and oxygen atoms in total. The zero-order valence-electron chi connectivity index (χ0n) is 11.6. The Morgan fingerprint density at radius 2 is 2.05 bits per heavy atom. The average Bonchev–Trinajstić information content (AvgIpc) is 2.89. The lowest BCUT2D eigenvalue weighted by Crippen LogP contribution is -2.37. The van der Waals surface area contributed by atoms with Gasteiger partial charge in [-0.2, -0.15) is 24.7 Å². The van der Waals surface area contributed by atoms with Crippen molar-refractivity contribution in [2.75, 3.05) is 10.7 Å². The molecule has 112 valence electrons. The van der Waals surface area contributed by atoms with Crippen LogP contribution in [0.5, 0.6) is 0 Å². The second-order valence-electron chi connectivity index (χ2n) is 4.92. The molecule has 0 spiro atoms. The number of hydrogen-bond donors (Lipinski definition) is 4. The van der Waals surface area contributed by atoms with Crippen LogP contribution < -0.4 is 22.3 Å². The monoisotopic (exact) mass is 292 g/mol. The van der Waals surface area contributed by atoms with Crippen LogP contribution >= 0.6 is 0 Å². The molecule has 0 aliphatic heterocycles. The largest absolute Gasteiger partial charge is 0.370 e. The Bertz CT molecular complexity index is 623. The van der Waals surface area contributed by atoms with E-state index < -0.39 is 11.4 Å². The molecule has 1 amide bonds. The molecule has 2 rings (SSSR count). The second-order valence-corrected chi connectivity index (χ2v) is 4.92. The summed E-state index contributed by atoms with van der Waals surface area (Å²) in [5.74, 6) is 5.51. The summed E-state index contributed by atoms with van der Waals surface area (Å²) in [6.45, 7) is 3.60. The number of carbonyl (C=O) groups is 1. The highest BCUT2D eigenvalue weighted by atomic mass is 16.1. The van der Waals surface area contributed by atoms with Gasteiger partial charge in [0.05, 0.1) is 0 Å². The van der Waals surface area contributed by atoms with Crippen LogP contribution in [-0.4, -0.2) is 41.2 Å². The maximum absolute atomic E-state index is 11.1. The SMILES string of the molecule is CC(C)(CC(N)=O)Nc1nc(NN)nc(-n2cncn2)n1. The molecule has 0 aliphatic carbocycles. The van der Waals surface area contributed by atoms with Gasteiger partial charge in [0, 0.05) is 12.0 Å². The Morgan fingerprint density at radius 1 is 1.33 bits per heavy atom. The number of aromatic nitrogens is 6. The van der Waals surface area contributed by atoms with E-state index in [-0.39, 0.29) is 24.3 Å². The van der Waals surface area contributed by atoms with E-state index in [4.69, 9.17) is 11.6 Å². The van der Waals surface area contributed by atoms with E-state index in [1.807, 2.05) is 0 Å². The third-order valence-corrected chi connectivity index (χ3v) is 2.44. The summed E-state index contributed by atoms with van der Waals surface area (Å²) < 4.78 is 1.36. The van der Waals surface area contributed by atoms with Crippen molar-refractivity contribution >= 4 is 17.8 Å². The normalized spacial score (nSPS) is 11.2. The zero-order chi connectivity index (χ0) is 15.5. The van der Waals surface area contributed by atoms with Gasteiger partial charge >= 0.3 is 0 Å². The van der Waals surface area contributed by atoms with Crippen LogP contribution in [0.4, 0.5) is 11.9 Å². The number of primary amides is 1. The Hall–Kier alpha value is -2.82. The quantitative estimate of drug-likeness (QED) is 0.378. The van der Waals surface area contributed by atoms with Crippen molar-refractivity contribution in [3.63, 3.8) is 0 Å². The summed E-state index contributed by atoms with van der Waals surface area (Å²) in [5.41, 5.74) is 6.92. The molecule has 0 fully saturated rings. The average molecular weight is 292 g/mol. The van der Waals surface area contributed by atoms with Crippen molar-refractivity contribution in [1.82, 2.24) is 29.7 Å². The third-order valence-electron chi connectivity index (χ3n) is 2.44. The first kappa shape index (κ1) is 14.6. The number of hydrazine groups is 1. The predicted octanol–water partition coefficient (Wildman–Crippen LogP) is -1.20. The summed E-state index contributed by atoms with van der Waals surface area (Å²) in [5, 5.41) is 6.94. The lowest BCUT2D eigenvalue weighted by Gasteiger charge is -2.24. The summed E-state index contributed by atoms with van der Waals surface area (Å²) in [6.07, 6.45) is 2.90. The van der Waals surface area contributed by atoms with E-state index in [0.717, 1.165) is 0 Å². The summed E-state index contributed by atoms with van der Waals surface area (Å²) in [4.78, 5) is 27.2. The standard InChI is InChI=1S/C10H16N10O/c1-10(2,3-6(11)21)18-7-15-8(19-12)17-9(16-7)20-5-13-4-14-20/h4-5H,3,12H2,1-2H3,(H2,11,21)(H2,15,16,17,18,19). The minimum Gasteiger partial charge on any atom is -0.370 e. The second kappa shape index (κ2) is 5.66. The van der Waals surface area contributed by atoms with Gasteiger partial charge in [-0.25, -0.2) is 10.8 Å². The molecule has 0 atom stereocenters. The van der Waals surface area contributed by atoms with Crippen molar-refractivity contribution in [3.05, 3.63) is 12.7 Å². The molecule has 6 N–H and O–H groups in total. The molecule has 11 heteroatoms. The van der Waals surface area contributed by atoms with Gasteiger partial charge in [0.15, 0.2) is 0 Å². The molecule has 0 saturated carbocycles. The lowest BCUT2D eigenvalue weighted by molar-refractivity contribution is -0.118. The van der Waals surface area contributed by atoms with Gasteiger partial charge in [-0.3, -0.25) is 10.2 Å². The van der Waals surface area contributed by atoms with Gasteiger partial charge < -0.3 is 11.1 Å². The molecule has 2 aromatic rings. The number of nitrogens with zero attached hydrogens (tertiary/aromatic N) is 6. The summed E-state index contributed by atoms with van der Waals surface area (Å²) in [6, 6.07) is 0. The molecule has 21 heavy (non-hydrogen) atoms. The fraction of sp³-hybridized carbons (Fsp3) is 0.400. The maximum atomic E-state index is 11.1. The van der Waals surface area contributed by atoms with Crippen molar-refractivity contribution in [2.24, 2.45) is 11.6 Å². The molecular weight excluding hydrogens is 276 g/mol. The van der Waals surface area contributed by atoms with E-state index in [2.05, 4.69) is 35.8 Å². The van der Waals surface area contributed by atoms with Gasteiger partial charge in [0.2, 0.25) is 17.8 Å². The molecule has 2 aromatic heterocycles. The number of hydrogen-bond acceptors (Lipinski definition) is 9. The van der Waals surface area contributed by atoms with Crippen LogP contribution in [0.1, 0.15) is 20.3 Å². The number of amides is 1. The Kier molecular flexibility index (Phi) is 3.93. The van der Waals surface area contributed by atoms with Crippen molar-refractivity contribution in [3.8, 4) is 5.95 Å². The summed E-state index contributed by atoms with van der Waals surface area (Å²) >= 11 is 0. The van der Waals surface area contributed by atoms with Crippen LogP contribution in [0, 0.1) is 0 Å². The molecule has 0 unspecified atom stereocenters. The van der Waals surface area contributed by atoms with E-state index >= 15 is 0 Å².